The highest BCUT2D eigenvalue weighted by molar-refractivity contribution is 6.31. The molecule has 1 amide bonds. The Bertz CT molecular complexity index is 534. The number of nitrogens with one attached hydrogen (secondary N) is 1. The van der Waals surface area contributed by atoms with Crippen LogP contribution in [0.15, 0.2) is 18.2 Å². The number of carbonyl (C=O) groups excluding carboxylic acids is 1. The van der Waals surface area contributed by atoms with Gasteiger partial charge in [0.25, 0.3) is 0 Å². The number of halogens is 1. The van der Waals surface area contributed by atoms with E-state index in [1.165, 1.54) is 12.1 Å². The van der Waals surface area contributed by atoms with Crippen molar-refractivity contribution in [2.75, 3.05) is 12.4 Å². The number of rotatable bonds is 5. The lowest BCUT2D eigenvalue weighted by molar-refractivity contribution is -0.129. The highest BCUT2D eigenvalue weighted by Crippen LogP contribution is 2.38. The molecule has 1 aromatic carbocycles. The number of carbonyl (C=O) groups is 2. The normalized spacial score (nSPS) is 16.3. The van der Waals surface area contributed by atoms with Crippen molar-refractivity contribution in [2.24, 2.45) is 0 Å². The van der Waals surface area contributed by atoms with E-state index in [9.17, 15) is 9.59 Å². The fraction of sp³-hybridized carbons (Fsp3) is 0.429. The van der Waals surface area contributed by atoms with Crippen molar-refractivity contribution in [2.45, 2.75) is 31.3 Å². The van der Waals surface area contributed by atoms with E-state index < -0.39 is 5.97 Å². The van der Waals surface area contributed by atoms with Crippen molar-refractivity contribution in [3.05, 3.63) is 28.8 Å². The molecule has 1 aliphatic rings. The van der Waals surface area contributed by atoms with Gasteiger partial charge >= 0.3 is 5.97 Å². The second kappa shape index (κ2) is 5.81. The first-order chi connectivity index (χ1) is 9.46. The molecule has 0 spiro atoms. The molecule has 0 aromatic heterocycles. The van der Waals surface area contributed by atoms with Crippen LogP contribution in [-0.4, -0.2) is 29.7 Å². The number of ether oxygens (including phenoxy) is 1. The van der Waals surface area contributed by atoms with E-state index in [0.717, 1.165) is 19.3 Å². The van der Waals surface area contributed by atoms with Gasteiger partial charge in [0.2, 0.25) is 5.91 Å². The summed E-state index contributed by atoms with van der Waals surface area (Å²) in [5, 5.41) is 12.0. The van der Waals surface area contributed by atoms with Crippen LogP contribution in [-0.2, 0) is 9.53 Å². The lowest BCUT2D eigenvalue weighted by Crippen LogP contribution is -2.42. The molecule has 108 valence electrons. The van der Waals surface area contributed by atoms with Crippen molar-refractivity contribution in [3.8, 4) is 0 Å². The average molecular weight is 298 g/mol. The molecule has 0 unspecified atom stereocenters. The zero-order valence-corrected chi connectivity index (χ0v) is 11.9. The van der Waals surface area contributed by atoms with Crippen LogP contribution in [0, 0.1) is 0 Å². The third-order valence-corrected chi connectivity index (χ3v) is 3.90. The fourth-order valence-corrected chi connectivity index (χ4v) is 2.49. The highest BCUT2D eigenvalue weighted by Gasteiger charge is 2.39. The van der Waals surface area contributed by atoms with E-state index in [1.54, 1.807) is 13.2 Å². The Hall–Kier alpha value is -1.59. The van der Waals surface area contributed by atoms with Gasteiger partial charge in [0.1, 0.15) is 0 Å². The van der Waals surface area contributed by atoms with Crippen molar-refractivity contribution in [1.29, 1.82) is 0 Å². The van der Waals surface area contributed by atoms with Crippen LogP contribution in [0.5, 0.6) is 0 Å². The number of carboxylic acid groups (broad SMARTS) is 1. The Morgan fingerprint density at radius 1 is 1.45 bits per heavy atom. The zero-order chi connectivity index (χ0) is 14.8. The molecule has 2 rings (SSSR count). The Labute approximate surface area is 121 Å². The Kier molecular flexibility index (Phi) is 4.30. The molecule has 1 aromatic rings. The standard InChI is InChI=1S/C14H16ClNO4/c1-20-14(5-2-6-14)8-12(17)16-11-4-3-9(15)7-10(11)13(18)19/h3-4,7H,2,5-6,8H2,1H3,(H,16,17)(H,18,19). The Morgan fingerprint density at radius 3 is 2.65 bits per heavy atom. The predicted molar refractivity (Wildman–Crippen MR) is 75.2 cm³/mol. The first kappa shape index (κ1) is 14.8. The van der Waals surface area contributed by atoms with E-state index >= 15 is 0 Å². The van der Waals surface area contributed by atoms with E-state index in [0.29, 0.717) is 5.02 Å². The van der Waals surface area contributed by atoms with Gasteiger partial charge < -0.3 is 15.2 Å². The molecule has 0 saturated heterocycles. The molecule has 0 radical (unpaired) electrons. The van der Waals surface area contributed by atoms with Gasteiger partial charge in [-0.2, -0.15) is 0 Å². The third kappa shape index (κ3) is 3.11. The summed E-state index contributed by atoms with van der Waals surface area (Å²) in [6.07, 6.45) is 2.97. The SMILES string of the molecule is COC1(CC(=O)Nc2ccc(Cl)cc2C(=O)O)CCC1. The number of aromatic carboxylic acids is 1. The topological polar surface area (TPSA) is 75.6 Å². The molecule has 1 fully saturated rings. The summed E-state index contributed by atoms with van der Waals surface area (Å²) in [5.41, 5.74) is -0.164. The number of hydrogen-bond acceptors (Lipinski definition) is 3. The minimum Gasteiger partial charge on any atom is -0.478 e. The van der Waals surface area contributed by atoms with E-state index in [2.05, 4.69) is 5.32 Å². The maximum atomic E-state index is 12.0. The molecular formula is C14H16ClNO4. The van der Waals surface area contributed by atoms with E-state index in [4.69, 9.17) is 21.4 Å². The van der Waals surface area contributed by atoms with Gasteiger partial charge in [0.15, 0.2) is 0 Å². The highest BCUT2D eigenvalue weighted by atomic mass is 35.5. The molecule has 0 aliphatic heterocycles. The summed E-state index contributed by atoms with van der Waals surface area (Å²) in [7, 11) is 1.59. The van der Waals surface area contributed by atoms with Crippen LogP contribution >= 0.6 is 11.6 Å². The number of amides is 1. The van der Waals surface area contributed by atoms with Crippen LogP contribution in [0.25, 0.3) is 0 Å². The maximum Gasteiger partial charge on any atom is 0.337 e. The lowest BCUT2D eigenvalue weighted by Gasteiger charge is -2.39. The zero-order valence-electron chi connectivity index (χ0n) is 11.1. The summed E-state index contributed by atoms with van der Waals surface area (Å²) in [6.45, 7) is 0. The second-order valence-corrected chi connectivity index (χ2v) is 5.40. The number of anilines is 1. The minimum absolute atomic E-state index is 0.0223. The van der Waals surface area contributed by atoms with Gasteiger partial charge in [-0.1, -0.05) is 11.6 Å². The van der Waals surface area contributed by atoms with Crippen molar-refractivity contribution in [1.82, 2.24) is 0 Å². The van der Waals surface area contributed by atoms with Gasteiger partial charge in [-0.05, 0) is 37.5 Å². The summed E-state index contributed by atoms with van der Waals surface area (Å²) in [6, 6.07) is 4.35. The molecule has 6 heteroatoms. The van der Waals surface area contributed by atoms with E-state index in [1.807, 2.05) is 0 Å². The van der Waals surface area contributed by atoms with Crippen molar-refractivity contribution in [3.63, 3.8) is 0 Å². The Balaban J connectivity index is 2.10. The quantitative estimate of drug-likeness (QED) is 0.876. The molecular weight excluding hydrogens is 282 g/mol. The minimum atomic E-state index is -1.13. The third-order valence-electron chi connectivity index (χ3n) is 3.67. The van der Waals surface area contributed by atoms with Gasteiger partial charge in [-0.15, -0.1) is 0 Å². The molecule has 2 N–H and O–H groups in total. The smallest absolute Gasteiger partial charge is 0.337 e. The van der Waals surface area contributed by atoms with Gasteiger partial charge in [-0.25, -0.2) is 4.79 Å². The first-order valence-electron chi connectivity index (χ1n) is 6.34. The summed E-state index contributed by atoms with van der Waals surface area (Å²) >= 11 is 5.76. The molecule has 0 bridgehead atoms. The molecule has 1 saturated carbocycles. The van der Waals surface area contributed by atoms with Gasteiger partial charge in [-0.3, -0.25) is 4.79 Å². The molecule has 5 nitrogen and oxygen atoms in total. The van der Waals surface area contributed by atoms with Gasteiger partial charge in [0, 0.05) is 12.1 Å². The average Bonchev–Trinajstić information content (AvgIpc) is 2.36. The number of carboxylic acids is 1. The first-order valence-corrected chi connectivity index (χ1v) is 6.71. The van der Waals surface area contributed by atoms with Crippen LogP contribution in [0.4, 0.5) is 5.69 Å². The van der Waals surface area contributed by atoms with Crippen LogP contribution in [0.3, 0.4) is 0 Å². The molecule has 20 heavy (non-hydrogen) atoms. The lowest BCUT2D eigenvalue weighted by atomic mass is 9.77. The fourth-order valence-electron chi connectivity index (χ4n) is 2.31. The predicted octanol–water partition coefficient (Wildman–Crippen LogP) is 2.94. The van der Waals surface area contributed by atoms with Crippen molar-refractivity contribution < 1.29 is 19.4 Å². The monoisotopic (exact) mass is 297 g/mol. The van der Waals surface area contributed by atoms with Crippen LogP contribution in [0.1, 0.15) is 36.0 Å². The van der Waals surface area contributed by atoms with Crippen LogP contribution < -0.4 is 5.32 Å². The number of hydrogen-bond donors (Lipinski definition) is 2. The number of benzene rings is 1. The second-order valence-electron chi connectivity index (χ2n) is 4.96. The number of methoxy groups -OCH3 is 1. The molecule has 0 atom stereocenters. The summed E-state index contributed by atoms with van der Waals surface area (Å²) in [5.74, 6) is -1.38. The summed E-state index contributed by atoms with van der Waals surface area (Å²) in [4.78, 5) is 23.2. The van der Waals surface area contributed by atoms with E-state index in [-0.39, 0.29) is 29.2 Å². The summed E-state index contributed by atoms with van der Waals surface area (Å²) < 4.78 is 5.38. The maximum absolute atomic E-state index is 12.0. The largest absolute Gasteiger partial charge is 0.478 e. The van der Waals surface area contributed by atoms with Crippen LogP contribution in [0.2, 0.25) is 5.02 Å². The Morgan fingerprint density at radius 2 is 2.15 bits per heavy atom. The molecule has 0 heterocycles. The van der Waals surface area contributed by atoms with Crippen molar-refractivity contribution >= 4 is 29.2 Å². The van der Waals surface area contributed by atoms with Gasteiger partial charge in [0.05, 0.1) is 23.3 Å². The molecule has 1 aliphatic carbocycles.